The van der Waals surface area contributed by atoms with Crippen molar-refractivity contribution in [1.82, 2.24) is 0 Å². The van der Waals surface area contributed by atoms with Crippen molar-refractivity contribution in [3.8, 4) is 5.75 Å². The first kappa shape index (κ1) is 10.8. The molecule has 0 amide bonds. The van der Waals surface area contributed by atoms with Gasteiger partial charge in [0.15, 0.2) is 0 Å². The van der Waals surface area contributed by atoms with Crippen LogP contribution in [0.3, 0.4) is 0 Å². The highest BCUT2D eigenvalue weighted by Crippen LogP contribution is 2.17. The molecule has 13 heavy (non-hydrogen) atoms. The lowest BCUT2D eigenvalue weighted by Gasteiger charge is -2.08. The van der Waals surface area contributed by atoms with Crippen LogP contribution < -0.4 is 4.74 Å². The number of ether oxygens (including phenoxy) is 1. The van der Waals surface area contributed by atoms with Crippen molar-refractivity contribution >= 4 is 27.5 Å². The van der Waals surface area contributed by atoms with Crippen LogP contribution in [-0.2, 0) is 0 Å². The predicted molar refractivity (Wildman–Crippen MR) is 56.7 cm³/mol. The Labute approximate surface area is 90.6 Å². The molecule has 2 nitrogen and oxygen atoms in total. The zero-order valence-electron chi connectivity index (χ0n) is 6.91. The Kier molecular flexibility index (Phi) is 4.56. The standard InChI is InChI=1S/C9H10BrClO2/c10-7(5-12)6-13-9-3-1-2-8(11)4-9/h1-4,7,12H,5-6H2. The maximum absolute atomic E-state index is 8.71. The van der Waals surface area contributed by atoms with Gasteiger partial charge in [-0.1, -0.05) is 33.6 Å². The van der Waals surface area contributed by atoms with E-state index in [2.05, 4.69) is 15.9 Å². The summed E-state index contributed by atoms with van der Waals surface area (Å²) in [6, 6.07) is 7.16. The minimum Gasteiger partial charge on any atom is -0.492 e. The van der Waals surface area contributed by atoms with Crippen molar-refractivity contribution in [2.24, 2.45) is 0 Å². The number of rotatable bonds is 4. The zero-order valence-corrected chi connectivity index (χ0v) is 9.25. The molecule has 1 aromatic carbocycles. The van der Waals surface area contributed by atoms with Crippen LogP contribution in [0.25, 0.3) is 0 Å². The first-order valence-corrected chi connectivity index (χ1v) is 5.15. The second kappa shape index (κ2) is 5.47. The van der Waals surface area contributed by atoms with Gasteiger partial charge in [0.05, 0.1) is 11.4 Å². The summed E-state index contributed by atoms with van der Waals surface area (Å²) in [6.45, 7) is 0.484. The molecule has 0 saturated heterocycles. The highest BCUT2D eigenvalue weighted by atomic mass is 79.9. The van der Waals surface area contributed by atoms with Crippen LogP contribution in [0.4, 0.5) is 0 Å². The van der Waals surface area contributed by atoms with E-state index in [1.165, 1.54) is 0 Å². The maximum Gasteiger partial charge on any atom is 0.120 e. The van der Waals surface area contributed by atoms with Crippen LogP contribution in [0.15, 0.2) is 24.3 Å². The van der Waals surface area contributed by atoms with Crippen LogP contribution in [0.5, 0.6) is 5.75 Å². The van der Waals surface area contributed by atoms with E-state index in [-0.39, 0.29) is 11.4 Å². The fourth-order valence-electron chi connectivity index (χ4n) is 0.796. The minimum atomic E-state index is -0.0357. The Bertz CT molecular complexity index is 268. The fraction of sp³-hybridized carbons (Fsp3) is 0.333. The molecule has 1 unspecified atom stereocenters. The summed E-state index contributed by atoms with van der Waals surface area (Å²) in [5.74, 6) is 0.713. The van der Waals surface area contributed by atoms with Gasteiger partial charge in [0.2, 0.25) is 0 Å². The molecule has 0 saturated carbocycles. The predicted octanol–water partition coefficient (Wildman–Crippen LogP) is 2.47. The Morgan fingerprint density at radius 2 is 2.31 bits per heavy atom. The van der Waals surface area contributed by atoms with Crippen molar-refractivity contribution < 1.29 is 9.84 Å². The van der Waals surface area contributed by atoms with E-state index in [9.17, 15) is 0 Å². The molecule has 0 radical (unpaired) electrons. The second-order valence-electron chi connectivity index (χ2n) is 2.55. The molecular weight excluding hydrogens is 255 g/mol. The molecule has 1 rings (SSSR count). The average Bonchev–Trinajstić information content (AvgIpc) is 2.14. The molecule has 1 N–H and O–H groups in total. The molecule has 4 heteroatoms. The molecule has 1 aromatic rings. The normalized spacial score (nSPS) is 12.5. The third-order valence-electron chi connectivity index (χ3n) is 1.43. The summed E-state index contributed by atoms with van der Waals surface area (Å²) in [5, 5.41) is 9.36. The summed E-state index contributed by atoms with van der Waals surface area (Å²) < 4.78 is 5.35. The average molecular weight is 266 g/mol. The van der Waals surface area contributed by atoms with Crippen LogP contribution in [0.2, 0.25) is 5.02 Å². The van der Waals surface area contributed by atoms with E-state index in [1.807, 2.05) is 12.1 Å². The lowest BCUT2D eigenvalue weighted by Crippen LogP contribution is -2.14. The van der Waals surface area contributed by atoms with Crippen LogP contribution >= 0.6 is 27.5 Å². The van der Waals surface area contributed by atoms with Crippen molar-refractivity contribution in [3.63, 3.8) is 0 Å². The van der Waals surface area contributed by atoms with E-state index < -0.39 is 0 Å². The van der Waals surface area contributed by atoms with Gasteiger partial charge < -0.3 is 9.84 Å². The van der Waals surface area contributed by atoms with Crippen LogP contribution in [0.1, 0.15) is 0 Å². The van der Waals surface area contributed by atoms with Gasteiger partial charge in [-0.3, -0.25) is 0 Å². The molecule has 0 aliphatic heterocycles. The highest BCUT2D eigenvalue weighted by Gasteiger charge is 2.02. The smallest absolute Gasteiger partial charge is 0.120 e. The number of aliphatic hydroxyl groups is 1. The Morgan fingerprint density at radius 3 is 2.92 bits per heavy atom. The molecular formula is C9H10BrClO2. The van der Waals surface area contributed by atoms with Gasteiger partial charge in [-0.2, -0.15) is 0 Å². The van der Waals surface area contributed by atoms with Crippen molar-refractivity contribution in [2.75, 3.05) is 13.2 Å². The molecule has 72 valence electrons. The fourth-order valence-corrected chi connectivity index (χ4v) is 1.11. The topological polar surface area (TPSA) is 29.5 Å². The first-order valence-electron chi connectivity index (χ1n) is 3.85. The van der Waals surface area contributed by atoms with E-state index in [0.717, 1.165) is 0 Å². The molecule has 0 aliphatic carbocycles. The van der Waals surface area contributed by atoms with Gasteiger partial charge in [0.1, 0.15) is 12.4 Å². The summed E-state index contributed by atoms with van der Waals surface area (Å²) in [7, 11) is 0. The third kappa shape index (κ3) is 3.98. The number of aliphatic hydroxyl groups excluding tert-OH is 1. The SMILES string of the molecule is OCC(Br)COc1cccc(Cl)c1. The lowest BCUT2D eigenvalue weighted by molar-refractivity contribution is 0.243. The number of hydrogen-bond acceptors (Lipinski definition) is 2. The Morgan fingerprint density at radius 1 is 1.54 bits per heavy atom. The summed E-state index contributed by atoms with van der Waals surface area (Å²) in [6.07, 6.45) is 0. The monoisotopic (exact) mass is 264 g/mol. The molecule has 1 atom stereocenters. The summed E-state index contributed by atoms with van der Waals surface area (Å²) in [5.41, 5.74) is 0. The van der Waals surface area contributed by atoms with Gasteiger partial charge in [0.25, 0.3) is 0 Å². The molecule has 0 heterocycles. The summed E-state index contributed by atoms with van der Waals surface area (Å²) in [4.78, 5) is -0.0357. The maximum atomic E-state index is 8.71. The zero-order chi connectivity index (χ0) is 9.68. The van der Waals surface area contributed by atoms with Crippen molar-refractivity contribution in [1.29, 1.82) is 0 Å². The summed E-state index contributed by atoms with van der Waals surface area (Å²) >= 11 is 9.00. The third-order valence-corrected chi connectivity index (χ3v) is 2.21. The van der Waals surface area contributed by atoms with Gasteiger partial charge in [-0.15, -0.1) is 0 Å². The van der Waals surface area contributed by atoms with E-state index >= 15 is 0 Å². The van der Waals surface area contributed by atoms with Crippen molar-refractivity contribution in [2.45, 2.75) is 4.83 Å². The first-order chi connectivity index (χ1) is 6.22. The van der Waals surface area contributed by atoms with E-state index in [4.69, 9.17) is 21.4 Å². The van der Waals surface area contributed by atoms with Gasteiger partial charge in [-0.25, -0.2) is 0 Å². The van der Waals surface area contributed by atoms with Crippen LogP contribution in [-0.4, -0.2) is 23.1 Å². The molecule has 0 aliphatic rings. The number of alkyl halides is 1. The van der Waals surface area contributed by atoms with Crippen molar-refractivity contribution in [3.05, 3.63) is 29.3 Å². The van der Waals surface area contributed by atoms with E-state index in [1.54, 1.807) is 12.1 Å². The van der Waals surface area contributed by atoms with Gasteiger partial charge in [0, 0.05) is 5.02 Å². The van der Waals surface area contributed by atoms with Gasteiger partial charge >= 0.3 is 0 Å². The largest absolute Gasteiger partial charge is 0.492 e. The van der Waals surface area contributed by atoms with E-state index in [0.29, 0.717) is 17.4 Å². The minimum absolute atomic E-state index is 0.0357. The molecule has 0 aromatic heterocycles. The number of benzene rings is 1. The lowest BCUT2D eigenvalue weighted by atomic mass is 10.3. The molecule has 0 spiro atoms. The molecule has 0 bridgehead atoms. The number of halogens is 2. The quantitative estimate of drug-likeness (QED) is 0.848. The van der Waals surface area contributed by atoms with Gasteiger partial charge in [-0.05, 0) is 18.2 Å². The molecule has 0 fully saturated rings. The number of hydrogen-bond donors (Lipinski definition) is 1. The highest BCUT2D eigenvalue weighted by molar-refractivity contribution is 9.09. The second-order valence-corrected chi connectivity index (χ2v) is 4.28. The Balaban J connectivity index is 2.45. The van der Waals surface area contributed by atoms with Crippen LogP contribution in [0, 0.1) is 0 Å². The Hall–Kier alpha value is -0.250.